The Morgan fingerprint density at radius 1 is 1.24 bits per heavy atom. The van der Waals surface area contributed by atoms with Crippen molar-refractivity contribution < 1.29 is 32.1 Å². The predicted molar refractivity (Wildman–Crippen MR) is 79.0 cm³/mol. The first-order chi connectivity index (χ1) is 11.8. The van der Waals surface area contributed by atoms with Gasteiger partial charge in [-0.1, -0.05) is 29.4 Å². The highest BCUT2D eigenvalue weighted by atomic mass is 19.4. The lowest BCUT2D eigenvalue weighted by molar-refractivity contribution is -0.177. The summed E-state index contributed by atoms with van der Waals surface area (Å²) in [6.07, 6.45) is -4.62. The predicted octanol–water partition coefficient (Wildman–Crippen LogP) is 2.33. The Labute approximate surface area is 141 Å². The number of aromatic nitrogens is 2. The highest BCUT2D eigenvalue weighted by Crippen LogP contribution is 2.29. The molecule has 0 aliphatic rings. The smallest absolute Gasteiger partial charge is 0.383 e. The largest absolute Gasteiger partial charge is 0.471 e. The van der Waals surface area contributed by atoms with Gasteiger partial charge >= 0.3 is 12.1 Å². The number of hydrogen-bond donors (Lipinski definition) is 0. The first-order valence-electron chi connectivity index (χ1n) is 7.18. The van der Waals surface area contributed by atoms with Gasteiger partial charge in [-0.3, -0.25) is 9.63 Å². The number of alkyl halides is 3. The number of methoxy groups -OCH3 is 1. The number of rotatable bonds is 7. The lowest BCUT2D eigenvalue weighted by Gasteiger charge is -2.19. The van der Waals surface area contributed by atoms with Gasteiger partial charge in [0, 0.05) is 12.7 Å². The van der Waals surface area contributed by atoms with Crippen molar-refractivity contribution in [3.05, 3.63) is 35.7 Å². The summed E-state index contributed by atoms with van der Waals surface area (Å²) in [5, 5.41) is 4.48. The van der Waals surface area contributed by atoms with Crippen molar-refractivity contribution in [2.75, 3.05) is 27.4 Å². The number of amides is 1. The first-order valence-corrected chi connectivity index (χ1v) is 7.18. The first kappa shape index (κ1) is 18.9. The van der Waals surface area contributed by atoms with E-state index in [1.54, 1.807) is 12.1 Å². The second kappa shape index (κ2) is 8.08. The molecule has 2 aromatic rings. The van der Waals surface area contributed by atoms with Crippen LogP contribution < -0.4 is 0 Å². The topological polar surface area (TPSA) is 77.7 Å². The zero-order valence-electron chi connectivity index (χ0n) is 13.5. The number of hydroxylamine groups is 2. The quantitative estimate of drug-likeness (QED) is 0.706. The molecule has 0 radical (unpaired) electrons. The van der Waals surface area contributed by atoms with Crippen LogP contribution >= 0.6 is 0 Å². The zero-order chi connectivity index (χ0) is 18.4. The fourth-order valence-electron chi connectivity index (χ4n) is 1.98. The van der Waals surface area contributed by atoms with Crippen molar-refractivity contribution in [1.29, 1.82) is 0 Å². The van der Waals surface area contributed by atoms with Crippen molar-refractivity contribution in [3.8, 4) is 11.4 Å². The molecule has 25 heavy (non-hydrogen) atoms. The SMILES string of the molecule is COCCN(OC)C(=O)Cc1ccc(-c2noc(C(F)(F)F)n2)cc1. The molecule has 10 heteroatoms. The average molecular weight is 359 g/mol. The van der Waals surface area contributed by atoms with E-state index in [1.807, 2.05) is 0 Å². The highest BCUT2D eigenvalue weighted by Gasteiger charge is 2.38. The van der Waals surface area contributed by atoms with Crippen LogP contribution in [0, 0.1) is 0 Å². The Morgan fingerprint density at radius 3 is 2.44 bits per heavy atom. The van der Waals surface area contributed by atoms with Gasteiger partial charge in [-0.15, -0.1) is 0 Å². The molecule has 1 aromatic carbocycles. The Bertz CT molecular complexity index is 701. The maximum absolute atomic E-state index is 12.5. The van der Waals surface area contributed by atoms with E-state index < -0.39 is 12.1 Å². The molecule has 1 aromatic heterocycles. The molecule has 0 N–H and O–H groups in total. The third-order valence-electron chi connectivity index (χ3n) is 3.23. The molecule has 0 saturated heterocycles. The third-order valence-corrected chi connectivity index (χ3v) is 3.23. The van der Waals surface area contributed by atoms with E-state index in [0.717, 1.165) is 0 Å². The van der Waals surface area contributed by atoms with Gasteiger partial charge in [-0.25, -0.2) is 5.06 Å². The zero-order valence-corrected chi connectivity index (χ0v) is 13.5. The van der Waals surface area contributed by atoms with Crippen LogP contribution in [0.15, 0.2) is 28.8 Å². The molecule has 7 nitrogen and oxygen atoms in total. The summed E-state index contributed by atoms with van der Waals surface area (Å²) in [5.74, 6) is -1.86. The lowest BCUT2D eigenvalue weighted by Crippen LogP contribution is -2.34. The lowest BCUT2D eigenvalue weighted by atomic mass is 10.1. The molecule has 136 valence electrons. The Hall–Kier alpha value is -2.46. The molecule has 0 unspecified atom stereocenters. The average Bonchev–Trinajstić information content (AvgIpc) is 3.06. The van der Waals surface area contributed by atoms with E-state index in [-0.39, 0.29) is 24.7 Å². The van der Waals surface area contributed by atoms with Crippen LogP contribution in [0.5, 0.6) is 0 Å². The summed E-state index contributed by atoms with van der Waals surface area (Å²) in [6, 6.07) is 6.22. The number of carbonyl (C=O) groups is 1. The summed E-state index contributed by atoms with van der Waals surface area (Å²) >= 11 is 0. The van der Waals surface area contributed by atoms with E-state index in [9.17, 15) is 18.0 Å². The number of halogens is 3. The molecule has 0 saturated carbocycles. The number of ether oxygens (including phenoxy) is 1. The van der Waals surface area contributed by atoms with Gasteiger partial charge in [-0.2, -0.15) is 18.2 Å². The van der Waals surface area contributed by atoms with Crippen LogP contribution in [0.25, 0.3) is 11.4 Å². The second-order valence-electron chi connectivity index (χ2n) is 4.97. The van der Waals surface area contributed by atoms with E-state index in [4.69, 9.17) is 9.57 Å². The maximum atomic E-state index is 12.5. The van der Waals surface area contributed by atoms with E-state index in [1.165, 1.54) is 31.4 Å². The minimum absolute atomic E-state index is 0.0673. The summed E-state index contributed by atoms with van der Waals surface area (Å²) < 4.78 is 46.5. The van der Waals surface area contributed by atoms with Crippen molar-refractivity contribution >= 4 is 5.91 Å². The number of nitrogens with zero attached hydrogens (tertiary/aromatic N) is 3. The summed E-state index contributed by atoms with van der Waals surface area (Å²) in [5.41, 5.74) is 1.01. The van der Waals surface area contributed by atoms with Crippen LogP contribution in [0.1, 0.15) is 11.5 Å². The standard InChI is InChI=1S/C15H16F3N3O4/c1-23-8-7-21(24-2)12(22)9-10-3-5-11(6-4-10)13-19-14(25-20-13)15(16,17)18/h3-6H,7-9H2,1-2H3. The molecule has 0 fully saturated rings. The minimum Gasteiger partial charge on any atom is -0.383 e. The van der Waals surface area contributed by atoms with E-state index >= 15 is 0 Å². The number of carbonyl (C=O) groups excluding carboxylic acids is 1. The van der Waals surface area contributed by atoms with Crippen LogP contribution in [0.3, 0.4) is 0 Å². The molecule has 1 amide bonds. The Morgan fingerprint density at radius 2 is 1.92 bits per heavy atom. The molecule has 0 spiro atoms. The van der Waals surface area contributed by atoms with Gasteiger partial charge in [-0.05, 0) is 5.56 Å². The molecular weight excluding hydrogens is 343 g/mol. The van der Waals surface area contributed by atoms with Gasteiger partial charge in [0.05, 0.1) is 26.7 Å². The molecule has 0 bridgehead atoms. The molecule has 0 atom stereocenters. The molecule has 2 rings (SSSR count). The number of hydrogen-bond acceptors (Lipinski definition) is 6. The Kier molecular flexibility index (Phi) is 6.10. The molecule has 0 aliphatic carbocycles. The molecule has 0 aliphatic heterocycles. The fourth-order valence-corrected chi connectivity index (χ4v) is 1.98. The van der Waals surface area contributed by atoms with E-state index in [2.05, 4.69) is 14.7 Å². The van der Waals surface area contributed by atoms with Gasteiger partial charge in [0.2, 0.25) is 5.82 Å². The van der Waals surface area contributed by atoms with Crippen molar-refractivity contribution in [2.45, 2.75) is 12.6 Å². The van der Waals surface area contributed by atoms with Crippen LogP contribution in [0.2, 0.25) is 0 Å². The summed E-state index contributed by atoms with van der Waals surface area (Å²) in [6.45, 7) is 0.616. The van der Waals surface area contributed by atoms with E-state index in [0.29, 0.717) is 17.7 Å². The highest BCUT2D eigenvalue weighted by molar-refractivity contribution is 5.78. The Balaban J connectivity index is 2.04. The van der Waals surface area contributed by atoms with Crippen LogP contribution in [-0.4, -0.2) is 48.5 Å². The molecular formula is C15H16F3N3O4. The summed E-state index contributed by atoms with van der Waals surface area (Å²) in [7, 11) is 2.89. The monoisotopic (exact) mass is 359 g/mol. The van der Waals surface area contributed by atoms with Gasteiger partial charge < -0.3 is 9.26 Å². The fraction of sp³-hybridized carbons (Fsp3) is 0.400. The van der Waals surface area contributed by atoms with Crippen molar-refractivity contribution in [1.82, 2.24) is 15.2 Å². The molecule has 1 heterocycles. The second-order valence-corrected chi connectivity index (χ2v) is 4.97. The van der Waals surface area contributed by atoms with Crippen molar-refractivity contribution in [2.24, 2.45) is 0 Å². The van der Waals surface area contributed by atoms with Gasteiger partial charge in [0.25, 0.3) is 5.91 Å². The van der Waals surface area contributed by atoms with Gasteiger partial charge in [0.1, 0.15) is 0 Å². The van der Waals surface area contributed by atoms with Crippen LogP contribution in [-0.2, 0) is 27.0 Å². The minimum atomic E-state index is -4.69. The third kappa shape index (κ3) is 5.00. The van der Waals surface area contributed by atoms with Crippen LogP contribution in [0.4, 0.5) is 13.2 Å². The van der Waals surface area contributed by atoms with Gasteiger partial charge in [0.15, 0.2) is 0 Å². The summed E-state index contributed by atoms with van der Waals surface area (Å²) in [4.78, 5) is 20.4. The van der Waals surface area contributed by atoms with Crippen molar-refractivity contribution in [3.63, 3.8) is 0 Å². The maximum Gasteiger partial charge on any atom is 0.471 e. The number of benzene rings is 1. The normalized spacial score (nSPS) is 11.6.